The third-order valence-corrected chi connectivity index (χ3v) is 10.6. The second kappa shape index (κ2) is 12.5. The van der Waals surface area contributed by atoms with Gasteiger partial charge in [-0.25, -0.2) is 0 Å². The molecule has 0 nitrogen and oxygen atoms in total. The van der Waals surface area contributed by atoms with E-state index >= 15 is 0 Å². The average Bonchev–Trinajstić information content (AvgIpc) is 3.21. The fourth-order valence-corrected chi connectivity index (χ4v) is 8.14. The van der Waals surface area contributed by atoms with Gasteiger partial charge in [0.1, 0.15) is 0 Å². The van der Waals surface area contributed by atoms with Crippen LogP contribution in [0.15, 0.2) is 194 Å². The maximum atomic E-state index is 2.44. The fourth-order valence-electron chi connectivity index (χ4n) is 8.14. The monoisotopic (exact) mass is 658 g/mol. The molecule has 0 bridgehead atoms. The van der Waals surface area contributed by atoms with Crippen LogP contribution in [0.2, 0.25) is 0 Å². The van der Waals surface area contributed by atoms with Crippen molar-refractivity contribution < 1.29 is 0 Å². The molecule has 0 saturated heterocycles. The summed E-state index contributed by atoms with van der Waals surface area (Å²) >= 11 is 0. The van der Waals surface area contributed by atoms with Crippen LogP contribution >= 0.6 is 0 Å². The quantitative estimate of drug-likeness (QED) is 0.128. The van der Waals surface area contributed by atoms with Gasteiger partial charge in [0.15, 0.2) is 0 Å². The molecule has 0 heterocycles. The summed E-state index contributed by atoms with van der Waals surface area (Å²) < 4.78 is 0. The Morgan fingerprint density at radius 3 is 1.48 bits per heavy atom. The lowest BCUT2D eigenvalue weighted by atomic mass is 9.84. The highest BCUT2D eigenvalue weighted by molar-refractivity contribution is 6.23. The van der Waals surface area contributed by atoms with Crippen LogP contribution in [0.4, 0.5) is 0 Å². The second-order valence-electron chi connectivity index (χ2n) is 13.7. The number of rotatable bonds is 5. The minimum Gasteiger partial charge on any atom is -0.0622 e. The van der Waals surface area contributed by atoms with Crippen LogP contribution in [0.3, 0.4) is 0 Å². The first-order valence-corrected chi connectivity index (χ1v) is 18.0. The van der Waals surface area contributed by atoms with E-state index < -0.39 is 0 Å². The number of fused-ring (bicyclic) bond motifs is 5. The molecule has 10 aromatic carbocycles. The van der Waals surface area contributed by atoms with Crippen molar-refractivity contribution in [1.29, 1.82) is 0 Å². The molecule has 242 valence electrons. The van der Waals surface area contributed by atoms with Gasteiger partial charge in [-0.05, 0) is 117 Å². The van der Waals surface area contributed by atoms with Gasteiger partial charge in [0.25, 0.3) is 0 Å². The zero-order valence-corrected chi connectivity index (χ0v) is 28.6. The van der Waals surface area contributed by atoms with E-state index in [1.165, 1.54) is 98.4 Å². The van der Waals surface area contributed by atoms with E-state index in [0.29, 0.717) is 0 Å². The smallest absolute Gasteiger partial charge is 0.00259 e. The van der Waals surface area contributed by atoms with Crippen molar-refractivity contribution in [2.45, 2.75) is 0 Å². The third-order valence-electron chi connectivity index (χ3n) is 10.6. The first-order chi connectivity index (χ1) is 25.8. The highest BCUT2D eigenvalue weighted by Crippen LogP contribution is 2.46. The highest BCUT2D eigenvalue weighted by Gasteiger charge is 2.19. The van der Waals surface area contributed by atoms with Crippen LogP contribution < -0.4 is 0 Å². The Kier molecular flexibility index (Phi) is 7.25. The fraction of sp³-hybridized carbons (Fsp3) is 0. The predicted octanol–water partition coefficient (Wildman–Crippen LogP) is 14.6. The van der Waals surface area contributed by atoms with Crippen LogP contribution in [0.1, 0.15) is 11.1 Å². The lowest BCUT2D eigenvalue weighted by Gasteiger charge is -2.19. The molecule has 10 aromatic rings. The molecular weight excluding hydrogens is 625 g/mol. The molecule has 0 spiro atoms. The van der Waals surface area contributed by atoms with Crippen LogP contribution in [-0.2, 0) is 0 Å². The van der Waals surface area contributed by atoms with Crippen LogP contribution in [0.25, 0.3) is 99.4 Å². The maximum Gasteiger partial charge on any atom is -0.00259 e. The molecule has 0 aromatic heterocycles. The van der Waals surface area contributed by atoms with Gasteiger partial charge in [-0.1, -0.05) is 188 Å². The molecule has 10 rings (SSSR count). The van der Waals surface area contributed by atoms with E-state index in [2.05, 4.69) is 206 Å². The van der Waals surface area contributed by atoms with Gasteiger partial charge in [0, 0.05) is 0 Å². The van der Waals surface area contributed by atoms with Crippen molar-refractivity contribution in [3.05, 3.63) is 205 Å². The Balaban J connectivity index is 1.25. The lowest BCUT2D eigenvalue weighted by molar-refractivity contribution is 1.65. The van der Waals surface area contributed by atoms with Crippen molar-refractivity contribution in [2.75, 3.05) is 0 Å². The van der Waals surface area contributed by atoms with Gasteiger partial charge in [-0.3, -0.25) is 0 Å². The number of hydrogen-bond donors (Lipinski definition) is 0. The SMILES string of the molecule is C(=C\c1cccc2c(-c3ccc4c(-c5ccc6ccccc6c5)c5ccccc5c(-c5ccc6ccccc6c5)c4c3)cccc12)/c1ccccc1. The second-order valence-corrected chi connectivity index (χ2v) is 13.7. The zero-order valence-electron chi connectivity index (χ0n) is 28.6. The standard InChI is InChI=1S/C52H34/c1-2-12-35(13-3-1)24-25-38-18-10-23-46-44(38)21-11-22-45(46)41-30-31-49-50(34-41)52(43-29-27-37-15-5-7-17-40(37)33-43)48-20-9-8-19-47(48)51(49)42-28-26-36-14-4-6-16-39(36)32-42/h1-34H/b25-24+. The molecule has 52 heavy (non-hydrogen) atoms. The number of benzene rings is 10. The Morgan fingerprint density at radius 1 is 0.269 bits per heavy atom. The molecule has 0 atom stereocenters. The van der Waals surface area contributed by atoms with Gasteiger partial charge in [0.05, 0.1) is 0 Å². The Morgan fingerprint density at radius 2 is 0.788 bits per heavy atom. The lowest BCUT2D eigenvalue weighted by Crippen LogP contribution is -1.92. The van der Waals surface area contributed by atoms with Gasteiger partial charge in [-0.2, -0.15) is 0 Å². The van der Waals surface area contributed by atoms with E-state index in [4.69, 9.17) is 0 Å². The summed E-state index contributed by atoms with van der Waals surface area (Å²) in [5.41, 5.74) is 9.87. The van der Waals surface area contributed by atoms with Crippen molar-refractivity contribution in [3.63, 3.8) is 0 Å². The van der Waals surface area contributed by atoms with E-state index in [1.54, 1.807) is 0 Å². The highest BCUT2D eigenvalue weighted by atomic mass is 14.2. The van der Waals surface area contributed by atoms with Crippen LogP contribution in [0.5, 0.6) is 0 Å². The van der Waals surface area contributed by atoms with Crippen molar-refractivity contribution in [2.24, 2.45) is 0 Å². The third kappa shape index (κ3) is 5.16. The summed E-state index contributed by atoms with van der Waals surface area (Å²) in [4.78, 5) is 0. The van der Waals surface area contributed by atoms with E-state index in [1.807, 2.05) is 0 Å². The van der Waals surface area contributed by atoms with E-state index in [0.717, 1.165) is 0 Å². The molecule has 0 radical (unpaired) electrons. The minimum absolute atomic E-state index is 1.20. The van der Waals surface area contributed by atoms with Crippen LogP contribution in [-0.4, -0.2) is 0 Å². The topological polar surface area (TPSA) is 0 Å². The van der Waals surface area contributed by atoms with Crippen LogP contribution in [0, 0.1) is 0 Å². The summed E-state index contributed by atoms with van der Waals surface area (Å²) in [7, 11) is 0. The zero-order chi connectivity index (χ0) is 34.4. The maximum absolute atomic E-state index is 2.44. The predicted molar refractivity (Wildman–Crippen MR) is 226 cm³/mol. The molecule has 0 aliphatic heterocycles. The molecule has 0 saturated carbocycles. The van der Waals surface area contributed by atoms with Gasteiger partial charge in [-0.15, -0.1) is 0 Å². The average molecular weight is 659 g/mol. The summed E-state index contributed by atoms with van der Waals surface area (Å²) in [6, 6.07) is 71.2. The first kappa shape index (κ1) is 30.1. The van der Waals surface area contributed by atoms with Crippen molar-refractivity contribution in [3.8, 4) is 33.4 Å². The normalized spacial score (nSPS) is 11.8. The molecular formula is C52H34. The van der Waals surface area contributed by atoms with Gasteiger partial charge < -0.3 is 0 Å². The molecule has 0 aliphatic carbocycles. The summed E-state index contributed by atoms with van der Waals surface area (Å²) in [6.45, 7) is 0. The molecule has 0 fully saturated rings. The van der Waals surface area contributed by atoms with Gasteiger partial charge >= 0.3 is 0 Å². The molecule has 0 heteroatoms. The summed E-state index contributed by atoms with van der Waals surface area (Å²) in [5, 5.41) is 12.5. The van der Waals surface area contributed by atoms with Crippen molar-refractivity contribution in [1.82, 2.24) is 0 Å². The summed E-state index contributed by atoms with van der Waals surface area (Å²) in [6.07, 6.45) is 4.44. The molecule has 0 unspecified atom stereocenters. The Hall–Kier alpha value is -6.76. The molecule has 0 amide bonds. The van der Waals surface area contributed by atoms with E-state index in [9.17, 15) is 0 Å². The summed E-state index contributed by atoms with van der Waals surface area (Å²) in [5.74, 6) is 0. The molecule has 0 N–H and O–H groups in total. The van der Waals surface area contributed by atoms with E-state index in [-0.39, 0.29) is 0 Å². The minimum atomic E-state index is 1.20. The largest absolute Gasteiger partial charge is 0.0622 e. The number of hydrogen-bond acceptors (Lipinski definition) is 0. The van der Waals surface area contributed by atoms with Crippen molar-refractivity contribution >= 4 is 66.0 Å². The van der Waals surface area contributed by atoms with Gasteiger partial charge in [0.2, 0.25) is 0 Å². The Bertz CT molecular complexity index is 3000. The first-order valence-electron chi connectivity index (χ1n) is 18.0. The Labute approximate surface area is 303 Å². The molecule has 0 aliphatic rings.